The Morgan fingerprint density at radius 3 is 2.71 bits per heavy atom. The van der Waals surface area contributed by atoms with Crippen molar-refractivity contribution in [1.29, 1.82) is 0 Å². The highest BCUT2D eigenvalue weighted by Crippen LogP contribution is 2.27. The van der Waals surface area contributed by atoms with Crippen molar-refractivity contribution in [2.75, 3.05) is 24.6 Å². The number of hydrogen-bond acceptors (Lipinski definition) is 4. The van der Waals surface area contributed by atoms with Gasteiger partial charge in [0.1, 0.15) is 5.82 Å². The number of nitrogens with zero attached hydrogens (tertiary/aromatic N) is 1. The number of benzene rings is 1. The number of hydrogen-bond donors (Lipinski definition) is 1. The molecular formula is C12H13ClFNO4S2. The zero-order valence-corrected chi connectivity index (χ0v) is 13.3. The van der Waals surface area contributed by atoms with E-state index in [9.17, 15) is 17.6 Å². The predicted octanol–water partition coefficient (Wildman–Crippen LogP) is 2.30. The summed E-state index contributed by atoms with van der Waals surface area (Å²) in [6, 6.07) is 1.67. The van der Waals surface area contributed by atoms with Gasteiger partial charge in [0.15, 0.2) is 0 Å². The zero-order chi connectivity index (χ0) is 15.6. The van der Waals surface area contributed by atoms with E-state index in [0.29, 0.717) is 25.3 Å². The Morgan fingerprint density at radius 2 is 2.05 bits per heavy atom. The minimum absolute atomic E-state index is 0.319. The number of aromatic carboxylic acids is 1. The molecule has 0 aromatic heterocycles. The van der Waals surface area contributed by atoms with Crippen LogP contribution in [0.5, 0.6) is 0 Å². The van der Waals surface area contributed by atoms with Gasteiger partial charge in [-0.2, -0.15) is 16.1 Å². The average Bonchev–Trinajstić information content (AvgIpc) is 2.70. The summed E-state index contributed by atoms with van der Waals surface area (Å²) < 4.78 is 39.9. The second-order valence-corrected chi connectivity index (χ2v) is 7.98. The molecule has 1 N–H and O–H groups in total. The third-order valence-corrected chi connectivity index (χ3v) is 6.36. The molecule has 1 heterocycles. The minimum atomic E-state index is -3.92. The van der Waals surface area contributed by atoms with Gasteiger partial charge in [-0.1, -0.05) is 11.6 Å². The standard InChI is InChI=1S/C12H13ClFNO4S2/c13-11-9(12(16)17)6-8(7-10(11)14)21(18,19)15-2-1-4-20-5-3-15/h6-7H,1-5H2,(H,16,17). The van der Waals surface area contributed by atoms with Crippen molar-refractivity contribution in [3.05, 3.63) is 28.5 Å². The van der Waals surface area contributed by atoms with Crippen LogP contribution in [0.4, 0.5) is 4.39 Å². The molecule has 1 fully saturated rings. The fourth-order valence-electron chi connectivity index (χ4n) is 1.98. The topological polar surface area (TPSA) is 74.7 Å². The summed E-state index contributed by atoms with van der Waals surface area (Å²) in [5.41, 5.74) is -0.556. The molecule has 9 heteroatoms. The maximum atomic E-state index is 13.7. The number of carbonyl (C=O) groups is 1. The van der Waals surface area contributed by atoms with Crippen LogP contribution in [-0.2, 0) is 10.0 Å². The van der Waals surface area contributed by atoms with Gasteiger partial charge in [0.05, 0.1) is 15.5 Å². The van der Waals surface area contributed by atoms with Gasteiger partial charge < -0.3 is 5.11 Å². The molecule has 0 saturated carbocycles. The smallest absolute Gasteiger partial charge is 0.337 e. The molecule has 0 atom stereocenters. The number of thioether (sulfide) groups is 1. The lowest BCUT2D eigenvalue weighted by Gasteiger charge is -2.20. The summed E-state index contributed by atoms with van der Waals surface area (Å²) in [4.78, 5) is 10.6. The Kier molecular flexibility index (Phi) is 5.13. The first-order valence-electron chi connectivity index (χ1n) is 6.14. The molecular weight excluding hydrogens is 341 g/mol. The molecule has 5 nitrogen and oxygen atoms in total. The molecule has 0 radical (unpaired) electrons. The lowest BCUT2D eigenvalue weighted by atomic mass is 10.2. The van der Waals surface area contributed by atoms with Crippen molar-refractivity contribution in [3.8, 4) is 0 Å². The van der Waals surface area contributed by atoms with E-state index in [0.717, 1.165) is 17.9 Å². The first kappa shape index (κ1) is 16.5. The number of rotatable bonds is 3. The highest BCUT2D eigenvalue weighted by molar-refractivity contribution is 7.99. The Morgan fingerprint density at radius 1 is 1.33 bits per heavy atom. The van der Waals surface area contributed by atoms with Crippen LogP contribution in [0, 0.1) is 5.82 Å². The summed E-state index contributed by atoms with van der Waals surface area (Å²) in [5, 5.41) is 8.38. The highest BCUT2D eigenvalue weighted by Gasteiger charge is 2.28. The van der Waals surface area contributed by atoms with E-state index in [-0.39, 0.29) is 4.90 Å². The van der Waals surface area contributed by atoms with Gasteiger partial charge in [-0.15, -0.1) is 0 Å². The van der Waals surface area contributed by atoms with Gasteiger partial charge in [-0.05, 0) is 24.3 Å². The van der Waals surface area contributed by atoms with Crippen LogP contribution in [0.25, 0.3) is 0 Å². The normalized spacial score (nSPS) is 17.4. The van der Waals surface area contributed by atoms with Gasteiger partial charge in [-0.3, -0.25) is 0 Å². The Balaban J connectivity index is 2.46. The van der Waals surface area contributed by atoms with Crippen molar-refractivity contribution < 1.29 is 22.7 Å². The van der Waals surface area contributed by atoms with Crippen LogP contribution < -0.4 is 0 Å². The average molecular weight is 354 g/mol. The van der Waals surface area contributed by atoms with Gasteiger partial charge in [0.2, 0.25) is 10.0 Å². The molecule has 2 rings (SSSR count). The van der Waals surface area contributed by atoms with Crippen LogP contribution in [-0.4, -0.2) is 48.4 Å². The Bertz CT molecular complexity index is 657. The molecule has 0 bridgehead atoms. The van der Waals surface area contributed by atoms with E-state index < -0.39 is 32.4 Å². The molecule has 0 amide bonds. The fourth-order valence-corrected chi connectivity index (χ4v) is 4.69. The number of sulfonamides is 1. The van der Waals surface area contributed by atoms with Crippen molar-refractivity contribution in [2.45, 2.75) is 11.3 Å². The number of carboxylic acids is 1. The van der Waals surface area contributed by atoms with Gasteiger partial charge in [0, 0.05) is 18.8 Å². The molecule has 1 aromatic carbocycles. The third kappa shape index (κ3) is 3.50. The quantitative estimate of drug-likeness (QED) is 0.902. The third-order valence-electron chi connectivity index (χ3n) is 3.05. The van der Waals surface area contributed by atoms with E-state index in [2.05, 4.69) is 0 Å². The summed E-state index contributed by atoms with van der Waals surface area (Å²) in [7, 11) is -3.92. The molecule has 0 unspecified atom stereocenters. The lowest BCUT2D eigenvalue weighted by molar-refractivity contribution is 0.0696. The monoisotopic (exact) mass is 353 g/mol. The Labute approximate surface area is 131 Å². The minimum Gasteiger partial charge on any atom is -0.478 e. The zero-order valence-electron chi connectivity index (χ0n) is 10.9. The van der Waals surface area contributed by atoms with Crippen LogP contribution >= 0.6 is 23.4 Å². The van der Waals surface area contributed by atoms with Crippen molar-refractivity contribution in [1.82, 2.24) is 4.31 Å². The van der Waals surface area contributed by atoms with Gasteiger partial charge in [0.25, 0.3) is 0 Å². The van der Waals surface area contributed by atoms with Crippen LogP contribution in [0.1, 0.15) is 16.8 Å². The number of halogens is 2. The van der Waals surface area contributed by atoms with E-state index in [1.807, 2.05) is 0 Å². The first-order valence-corrected chi connectivity index (χ1v) is 9.11. The second-order valence-electron chi connectivity index (χ2n) is 4.44. The molecule has 1 aliphatic heterocycles. The van der Waals surface area contributed by atoms with Crippen LogP contribution in [0.15, 0.2) is 17.0 Å². The van der Waals surface area contributed by atoms with Gasteiger partial charge in [-0.25, -0.2) is 17.6 Å². The van der Waals surface area contributed by atoms with Crippen LogP contribution in [0.3, 0.4) is 0 Å². The predicted molar refractivity (Wildman–Crippen MR) is 79.1 cm³/mol. The molecule has 21 heavy (non-hydrogen) atoms. The van der Waals surface area contributed by atoms with E-state index in [1.54, 1.807) is 11.8 Å². The molecule has 0 spiro atoms. The van der Waals surface area contributed by atoms with Crippen molar-refractivity contribution >= 4 is 39.4 Å². The maximum absolute atomic E-state index is 13.7. The van der Waals surface area contributed by atoms with Crippen molar-refractivity contribution in [2.24, 2.45) is 0 Å². The Hall–Kier alpha value is -0.830. The number of carboxylic acid groups (broad SMARTS) is 1. The molecule has 116 valence electrons. The highest BCUT2D eigenvalue weighted by atomic mass is 35.5. The maximum Gasteiger partial charge on any atom is 0.337 e. The molecule has 1 aliphatic rings. The summed E-state index contributed by atoms with van der Waals surface area (Å²) in [6.07, 6.45) is 0.700. The molecule has 1 aromatic rings. The van der Waals surface area contributed by atoms with E-state index >= 15 is 0 Å². The van der Waals surface area contributed by atoms with Gasteiger partial charge >= 0.3 is 5.97 Å². The largest absolute Gasteiger partial charge is 0.478 e. The summed E-state index contributed by atoms with van der Waals surface area (Å²) in [6.45, 7) is 0.654. The fraction of sp³-hybridized carbons (Fsp3) is 0.417. The molecule has 0 aliphatic carbocycles. The summed E-state index contributed by atoms with van der Waals surface area (Å²) in [5.74, 6) is -1.01. The molecule has 1 saturated heterocycles. The summed E-state index contributed by atoms with van der Waals surface area (Å²) >= 11 is 7.20. The SMILES string of the molecule is O=C(O)c1cc(S(=O)(=O)N2CCCSCC2)cc(F)c1Cl. The lowest BCUT2D eigenvalue weighted by Crippen LogP contribution is -2.33. The first-order chi connectivity index (χ1) is 9.84. The second kappa shape index (κ2) is 6.51. The van der Waals surface area contributed by atoms with Crippen LogP contribution in [0.2, 0.25) is 5.02 Å². The van der Waals surface area contributed by atoms with Crippen molar-refractivity contribution in [3.63, 3.8) is 0 Å². The van der Waals surface area contributed by atoms with E-state index in [4.69, 9.17) is 16.7 Å². The van der Waals surface area contributed by atoms with E-state index in [1.165, 1.54) is 4.31 Å².